The van der Waals surface area contributed by atoms with Crippen LogP contribution in [0.15, 0.2) is 30.5 Å². The Labute approximate surface area is 117 Å². The molecule has 0 saturated heterocycles. The average Bonchev–Trinajstić information content (AvgIpc) is 2.76. The number of hydrogen-bond acceptors (Lipinski definition) is 2. The van der Waals surface area contributed by atoms with Gasteiger partial charge in [0.25, 0.3) is 0 Å². The molecule has 2 rings (SSSR count). The number of rotatable bonds is 4. The molecule has 1 aromatic heterocycles. The number of aromatic nitrogens is 1. The fourth-order valence-electron chi connectivity index (χ4n) is 2.13. The molecular formula is C16H17NO3. The Hall–Kier alpha value is -2.36. The number of carbonyl (C=O) groups excluding carboxylic acids is 1. The lowest BCUT2D eigenvalue weighted by molar-refractivity contribution is 0.0686. The van der Waals surface area contributed by atoms with Crippen LogP contribution in [-0.2, 0) is 13.5 Å². The topological polar surface area (TPSA) is 59.3 Å². The number of hydrogen-bond donors (Lipinski definition) is 1. The third-order valence-corrected chi connectivity index (χ3v) is 3.48. The van der Waals surface area contributed by atoms with Crippen LogP contribution < -0.4 is 0 Å². The van der Waals surface area contributed by atoms with Gasteiger partial charge in [0.05, 0.1) is 0 Å². The molecule has 0 radical (unpaired) electrons. The van der Waals surface area contributed by atoms with Crippen LogP contribution in [0.1, 0.15) is 37.5 Å². The molecule has 4 heteroatoms. The smallest absolute Gasteiger partial charge is 0.352 e. The van der Waals surface area contributed by atoms with Gasteiger partial charge in [-0.15, -0.1) is 0 Å². The third-order valence-electron chi connectivity index (χ3n) is 3.48. The summed E-state index contributed by atoms with van der Waals surface area (Å²) >= 11 is 0. The van der Waals surface area contributed by atoms with Crippen LogP contribution in [0.2, 0.25) is 0 Å². The predicted octanol–water partition coefficient (Wildman–Crippen LogP) is 2.77. The Kier molecular flexibility index (Phi) is 3.74. The molecular weight excluding hydrogens is 254 g/mol. The van der Waals surface area contributed by atoms with Gasteiger partial charge in [0, 0.05) is 25.2 Å². The molecule has 1 N–H and O–H groups in total. The molecule has 0 aliphatic rings. The van der Waals surface area contributed by atoms with E-state index < -0.39 is 5.97 Å². The molecule has 0 bridgehead atoms. The van der Waals surface area contributed by atoms with E-state index in [9.17, 15) is 9.59 Å². The maximum absolute atomic E-state index is 12.2. The molecule has 1 heterocycles. The standard InChI is InChI=1S/C16H17NO3/c1-10-4-5-12(6-11(10)2)7-15(18)13-8-14(16(19)20)17(3)9-13/h4-6,8-9H,7H2,1-3H3,(H,19,20). The molecule has 104 valence electrons. The van der Waals surface area contributed by atoms with Gasteiger partial charge in [0.15, 0.2) is 5.78 Å². The van der Waals surface area contributed by atoms with Crippen molar-refractivity contribution in [2.75, 3.05) is 0 Å². The number of Topliss-reactive ketones (excluding diaryl/α,β-unsaturated/α-hetero) is 1. The molecule has 0 aliphatic heterocycles. The second-order valence-electron chi connectivity index (χ2n) is 5.05. The zero-order valence-electron chi connectivity index (χ0n) is 11.8. The van der Waals surface area contributed by atoms with E-state index in [4.69, 9.17) is 5.11 Å². The quantitative estimate of drug-likeness (QED) is 0.870. The van der Waals surface area contributed by atoms with Gasteiger partial charge >= 0.3 is 5.97 Å². The monoisotopic (exact) mass is 271 g/mol. The number of carbonyl (C=O) groups is 2. The summed E-state index contributed by atoms with van der Waals surface area (Å²) in [6.45, 7) is 4.03. The summed E-state index contributed by atoms with van der Waals surface area (Å²) < 4.78 is 1.45. The van der Waals surface area contributed by atoms with Crippen molar-refractivity contribution in [3.63, 3.8) is 0 Å². The Bertz CT molecular complexity index is 683. The van der Waals surface area contributed by atoms with Crippen LogP contribution >= 0.6 is 0 Å². The molecule has 4 nitrogen and oxygen atoms in total. The summed E-state index contributed by atoms with van der Waals surface area (Å²) in [7, 11) is 1.62. The second kappa shape index (κ2) is 5.33. The highest BCUT2D eigenvalue weighted by Crippen LogP contribution is 2.14. The maximum Gasteiger partial charge on any atom is 0.352 e. The number of aromatic carboxylic acids is 1. The van der Waals surface area contributed by atoms with E-state index in [1.165, 1.54) is 16.2 Å². The Morgan fingerprint density at radius 3 is 2.40 bits per heavy atom. The van der Waals surface area contributed by atoms with Gasteiger partial charge in [-0.3, -0.25) is 4.79 Å². The SMILES string of the molecule is Cc1ccc(CC(=O)c2cc(C(=O)O)n(C)c2)cc1C. The Balaban J connectivity index is 2.21. The largest absolute Gasteiger partial charge is 0.477 e. The molecule has 0 spiro atoms. The van der Waals surface area contributed by atoms with Gasteiger partial charge in [-0.25, -0.2) is 4.79 Å². The molecule has 1 aromatic carbocycles. The molecule has 2 aromatic rings. The predicted molar refractivity (Wildman–Crippen MR) is 76.3 cm³/mol. The van der Waals surface area contributed by atoms with E-state index >= 15 is 0 Å². The zero-order chi connectivity index (χ0) is 14.9. The summed E-state index contributed by atoms with van der Waals surface area (Å²) in [5.41, 5.74) is 3.83. The van der Waals surface area contributed by atoms with Gasteiger partial charge in [0.2, 0.25) is 0 Å². The molecule has 0 fully saturated rings. The average molecular weight is 271 g/mol. The van der Waals surface area contributed by atoms with Gasteiger partial charge in [0.1, 0.15) is 5.69 Å². The van der Waals surface area contributed by atoms with Gasteiger partial charge < -0.3 is 9.67 Å². The lowest BCUT2D eigenvalue weighted by Gasteiger charge is -2.04. The number of ketones is 1. The first-order valence-electron chi connectivity index (χ1n) is 6.37. The van der Waals surface area contributed by atoms with Crippen molar-refractivity contribution in [1.29, 1.82) is 0 Å². The summed E-state index contributed by atoms with van der Waals surface area (Å²) in [5, 5.41) is 8.99. The van der Waals surface area contributed by atoms with Crippen molar-refractivity contribution in [3.05, 3.63) is 58.4 Å². The highest BCUT2D eigenvalue weighted by atomic mass is 16.4. The fourth-order valence-corrected chi connectivity index (χ4v) is 2.13. The summed E-state index contributed by atoms with van der Waals surface area (Å²) in [6.07, 6.45) is 1.84. The summed E-state index contributed by atoms with van der Waals surface area (Å²) in [6, 6.07) is 7.34. The number of aryl methyl sites for hydroxylation is 3. The second-order valence-corrected chi connectivity index (χ2v) is 5.05. The molecule has 0 saturated carbocycles. The van der Waals surface area contributed by atoms with Crippen LogP contribution in [0.5, 0.6) is 0 Å². The first-order valence-corrected chi connectivity index (χ1v) is 6.37. The van der Waals surface area contributed by atoms with E-state index in [1.54, 1.807) is 13.2 Å². The summed E-state index contributed by atoms with van der Waals surface area (Å²) in [5.74, 6) is -1.10. The van der Waals surface area contributed by atoms with Crippen LogP contribution in [0.4, 0.5) is 0 Å². The van der Waals surface area contributed by atoms with Crippen molar-refractivity contribution in [1.82, 2.24) is 4.57 Å². The molecule has 0 amide bonds. The lowest BCUT2D eigenvalue weighted by atomic mass is 10.0. The first-order chi connectivity index (χ1) is 9.38. The Morgan fingerprint density at radius 2 is 1.85 bits per heavy atom. The number of carboxylic acids is 1. The highest BCUT2D eigenvalue weighted by Gasteiger charge is 2.15. The maximum atomic E-state index is 12.2. The van der Waals surface area contributed by atoms with E-state index in [-0.39, 0.29) is 17.9 Å². The first kappa shape index (κ1) is 14.1. The minimum Gasteiger partial charge on any atom is -0.477 e. The van der Waals surface area contributed by atoms with Crippen LogP contribution in [0.3, 0.4) is 0 Å². The molecule has 0 unspecified atom stereocenters. The van der Waals surface area contributed by atoms with Crippen molar-refractivity contribution in [2.45, 2.75) is 20.3 Å². The van der Waals surface area contributed by atoms with Crippen LogP contribution in [0, 0.1) is 13.8 Å². The Morgan fingerprint density at radius 1 is 1.15 bits per heavy atom. The minimum atomic E-state index is -1.03. The van der Waals surface area contributed by atoms with Gasteiger partial charge in [-0.2, -0.15) is 0 Å². The normalized spacial score (nSPS) is 10.6. The van der Waals surface area contributed by atoms with E-state index in [2.05, 4.69) is 0 Å². The molecule has 0 atom stereocenters. The molecule has 0 aliphatic carbocycles. The summed E-state index contributed by atoms with van der Waals surface area (Å²) in [4.78, 5) is 23.2. The van der Waals surface area contributed by atoms with Crippen molar-refractivity contribution < 1.29 is 14.7 Å². The van der Waals surface area contributed by atoms with E-state index in [0.717, 1.165) is 11.1 Å². The zero-order valence-corrected chi connectivity index (χ0v) is 11.8. The minimum absolute atomic E-state index is 0.0728. The number of carboxylic acid groups (broad SMARTS) is 1. The van der Waals surface area contributed by atoms with E-state index in [1.807, 2.05) is 32.0 Å². The highest BCUT2D eigenvalue weighted by molar-refractivity contribution is 5.99. The number of benzene rings is 1. The fraction of sp³-hybridized carbons (Fsp3) is 0.250. The van der Waals surface area contributed by atoms with Crippen LogP contribution in [-0.4, -0.2) is 21.4 Å². The van der Waals surface area contributed by atoms with Gasteiger partial charge in [-0.05, 0) is 36.6 Å². The lowest BCUT2D eigenvalue weighted by Crippen LogP contribution is -2.03. The van der Waals surface area contributed by atoms with Crippen molar-refractivity contribution in [3.8, 4) is 0 Å². The number of nitrogens with zero attached hydrogens (tertiary/aromatic N) is 1. The van der Waals surface area contributed by atoms with E-state index in [0.29, 0.717) is 5.56 Å². The van der Waals surface area contributed by atoms with Crippen molar-refractivity contribution in [2.24, 2.45) is 7.05 Å². The van der Waals surface area contributed by atoms with Crippen molar-refractivity contribution >= 4 is 11.8 Å². The third kappa shape index (κ3) is 2.79. The van der Waals surface area contributed by atoms with Crippen LogP contribution in [0.25, 0.3) is 0 Å². The van der Waals surface area contributed by atoms with Gasteiger partial charge in [-0.1, -0.05) is 18.2 Å². The molecule has 20 heavy (non-hydrogen) atoms.